The lowest BCUT2D eigenvalue weighted by molar-refractivity contribution is 0.498. The molecular formula is C15H15ClF2N2. The van der Waals surface area contributed by atoms with Crippen molar-refractivity contribution in [3.05, 3.63) is 69.7 Å². The fourth-order valence-electron chi connectivity index (χ4n) is 2.09. The number of halogens is 3. The number of nitrogens with one attached hydrogen (secondary N) is 1. The van der Waals surface area contributed by atoms with E-state index in [1.54, 1.807) is 19.1 Å². The highest BCUT2D eigenvalue weighted by Crippen LogP contribution is 2.24. The van der Waals surface area contributed by atoms with E-state index in [2.05, 4.69) is 5.43 Å². The Morgan fingerprint density at radius 1 is 1.15 bits per heavy atom. The maximum absolute atomic E-state index is 14.0. The third kappa shape index (κ3) is 3.33. The molecule has 3 N–H and O–H groups in total. The van der Waals surface area contributed by atoms with Crippen molar-refractivity contribution in [3.63, 3.8) is 0 Å². The van der Waals surface area contributed by atoms with E-state index in [0.29, 0.717) is 16.1 Å². The van der Waals surface area contributed by atoms with Gasteiger partial charge in [0.05, 0.1) is 6.04 Å². The Kier molecular flexibility index (Phi) is 4.70. The molecule has 0 saturated heterocycles. The number of hydrogen-bond donors (Lipinski definition) is 2. The highest BCUT2D eigenvalue weighted by Gasteiger charge is 2.17. The molecule has 20 heavy (non-hydrogen) atoms. The van der Waals surface area contributed by atoms with Gasteiger partial charge in [0, 0.05) is 10.6 Å². The highest BCUT2D eigenvalue weighted by molar-refractivity contribution is 6.30. The average molecular weight is 297 g/mol. The fraction of sp³-hybridized carbons (Fsp3) is 0.200. The van der Waals surface area contributed by atoms with Gasteiger partial charge in [-0.05, 0) is 48.7 Å². The maximum atomic E-state index is 14.0. The quantitative estimate of drug-likeness (QED) is 0.667. The summed E-state index contributed by atoms with van der Waals surface area (Å²) in [5.74, 6) is 4.72. The molecule has 0 spiro atoms. The van der Waals surface area contributed by atoms with Crippen LogP contribution >= 0.6 is 11.6 Å². The standard InChI is InChI=1S/C15H15ClF2N2/c1-9-2-4-12(14(18)6-9)15(20-19)8-10-7-11(16)3-5-13(10)17/h2-7,15,20H,8,19H2,1H3. The first-order chi connectivity index (χ1) is 9.51. The van der Waals surface area contributed by atoms with Crippen LogP contribution in [0.2, 0.25) is 5.02 Å². The molecule has 0 bridgehead atoms. The number of hydrogen-bond acceptors (Lipinski definition) is 2. The van der Waals surface area contributed by atoms with Gasteiger partial charge in [-0.15, -0.1) is 0 Å². The van der Waals surface area contributed by atoms with Crippen molar-refractivity contribution in [1.29, 1.82) is 0 Å². The van der Waals surface area contributed by atoms with Crippen molar-refractivity contribution < 1.29 is 8.78 Å². The number of hydrazine groups is 1. The van der Waals surface area contributed by atoms with Gasteiger partial charge in [-0.3, -0.25) is 11.3 Å². The Labute approximate surface area is 121 Å². The minimum atomic E-state index is -0.524. The first-order valence-corrected chi connectivity index (χ1v) is 6.55. The first-order valence-electron chi connectivity index (χ1n) is 6.17. The third-order valence-electron chi connectivity index (χ3n) is 3.16. The van der Waals surface area contributed by atoms with Crippen LogP contribution < -0.4 is 11.3 Å². The van der Waals surface area contributed by atoms with Gasteiger partial charge in [0.15, 0.2) is 0 Å². The van der Waals surface area contributed by atoms with Crippen LogP contribution in [-0.4, -0.2) is 0 Å². The summed E-state index contributed by atoms with van der Waals surface area (Å²) in [4.78, 5) is 0. The molecule has 1 atom stereocenters. The van der Waals surface area contributed by atoms with E-state index in [1.807, 2.05) is 0 Å². The molecule has 0 amide bonds. The minimum Gasteiger partial charge on any atom is -0.271 e. The number of benzene rings is 2. The SMILES string of the molecule is Cc1ccc(C(Cc2cc(Cl)ccc2F)NN)c(F)c1. The molecule has 106 valence electrons. The van der Waals surface area contributed by atoms with Gasteiger partial charge in [-0.2, -0.15) is 0 Å². The molecule has 0 saturated carbocycles. The van der Waals surface area contributed by atoms with Crippen molar-refractivity contribution in [2.24, 2.45) is 5.84 Å². The molecular weight excluding hydrogens is 282 g/mol. The molecule has 2 rings (SSSR count). The highest BCUT2D eigenvalue weighted by atomic mass is 35.5. The number of aryl methyl sites for hydroxylation is 1. The molecule has 0 aliphatic carbocycles. The Bertz CT molecular complexity index is 617. The second kappa shape index (κ2) is 6.31. The van der Waals surface area contributed by atoms with Crippen LogP contribution in [-0.2, 0) is 6.42 Å². The third-order valence-corrected chi connectivity index (χ3v) is 3.40. The van der Waals surface area contributed by atoms with E-state index in [-0.39, 0.29) is 18.1 Å². The summed E-state index contributed by atoms with van der Waals surface area (Å²) in [6.45, 7) is 1.80. The summed E-state index contributed by atoms with van der Waals surface area (Å²) in [6.07, 6.45) is 0.211. The molecule has 2 aromatic rings. The first kappa shape index (κ1) is 14.9. The Morgan fingerprint density at radius 2 is 1.90 bits per heavy atom. The molecule has 0 fully saturated rings. The summed E-state index contributed by atoms with van der Waals surface area (Å²) >= 11 is 5.85. The average Bonchev–Trinajstić information content (AvgIpc) is 2.40. The summed E-state index contributed by atoms with van der Waals surface area (Å²) < 4.78 is 27.7. The van der Waals surface area contributed by atoms with E-state index >= 15 is 0 Å². The van der Waals surface area contributed by atoms with E-state index < -0.39 is 6.04 Å². The van der Waals surface area contributed by atoms with Crippen LogP contribution in [0, 0.1) is 18.6 Å². The Morgan fingerprint density at radius 3 is 2.55 bits per heavy atom. The molecule has 1 unspecified atom stereocenters. The summed E-state index contributed by atoms with van der Waals surface area (Å²) in [6, 6.07) is 8.62. The van der Waals surface area contributed by atoms with E-state index in [0.717, 1.165) is 5.56 Å². The molecule has 2 nitrogen and oxygen atoms in total. The largest absolute Gasteiger partial charge is 0.271 e. The predicted octanol–water partition coefficient (Wildman–Crippen LogP) is 3.67. The van der Waals surface area contributed by atoms with Crippen LogP contribution in [0.1, 0.15) is 22.7 Å². The fourth-order valence-corrected chi connectivity index (χ4v) is 2.29. The van der Waals surface area contributed by atoms with Gasteiger partial charge in [0.25, 0.3) is 0 Å². The summed E-state index contributed by atoms with van der Waals surface area (Å²) in [7, 11) is 0. The number of nitrogens with two attached hydrogens (primary N) is 1. The van der Waals surface area contributed by atoms with E-state index in [4.69, 9.17) is 17.4 Å². The van der Waals surface area contributed by atoms with Crippen molar-refractivity contribution in [2.75, 3.05) is 0 Å². The zero-order chi connectivity index (χ0) is 14.7. The van der Waals surface area contributed by atoms with Crippen molar-refractivity contribution >= 4 is 11.6 Å². The molecule has 2 aromatic carbocycles. The van der Waals surface area contributed by atoms with Gasteiger partial charge in [0.2, 0.25) is 0 Å². The zero-order valence-corrected chi connectivity index (χ0v) is 11.7. The van der Waals surface area contributed by atoms with E-state index in [1.165, 1.54) is 24.3 Å². The lowest BCUT2D eigenvalue weighted by Crippen LogP contribution is -2.30. The molecule has 0 aromatic heterocycles. The molecule has 5 heteroatoms. The van der Waals surface area contributed by atoms with E-state index in [9.17, 15) is 8.78 Å². The van der Waals surface area contributed by atoms with Gasteiger partial charge in [-0.1, -0.05) is 23.7 Å². The lowest BCUT2D eigenvalue weighted by atomic mass is 9.97. The van der Waals surface area contributed by atoms with Crippen LogP contribution in [0.15, 0.2) is 36.4 Å². The second-order valence-electron chi connectivity index (χ2n) is 4.68. The van der Waals surface area contributed by atoms with Crippen LogP contribution in [0.25, 0.3) is 0 Å². The molecule has 0 radical (unpaired) electrons. The molecule has 0 heterocycles. The normalized spacial score (nSPS) is 12.4. The summed E-state index contributed by atoms with van der Waals surface area (Å²) in [5.41, 5.74) is 4.13. The molecule has 0 aliphatic heterocycles. The predicted molar refractivity (Wildman–Crippen MR) is 76.3 cm³/mol. The lowest BCUT2D eigenvalue weighted by Gasteiger charge is -2.18. The van der Waals surface area contributed by atoms with Crippen LogP contribution in [0.5, 0.6) is 0 Å². The van der Waals surface area contributed by atoms with Crippen molar-refractivity contribution in [1.82, 2.24) is 5.43 Å². The summed E-state index contributed by atoms with van der Waals surface area (Å²) in [5, 5.41) is 0.432. The van der Waals surface area contributed by atoms with Crippen molar-refractivity contribution in [2.45, 2.75) is 19.4 Å². The van der Waals surface area contributed by atoms with Crippen LogP contribution in [0.4, 0.5) is 8.78 Å². The van der Waals surface area contributed by atoms with Crippen LogP contribution in [0.3, 0.4) is 0 Å². The number of rotatable bonds is 4. The topological polar surface area (TPSA) is 38.0 Å². The molecule has 0 aliphatic rings. The van der Waals surface area contributed by atoms with Gasteiger partial charge in [-0.25, -0.2) is 8.78 Å². The van der Waals surface area contributed by atoms with Gasteiger partial charge in [0.1, 0.15) is 11.6 Å². The Hall–Kier alpha value is -1.49. The van der Waals surface area contributed by atoms with Gasteiger partial charge < -0.3 is 0 Å². The minimum absolute atomic E-state index is 0.211. The Balaban J connectivity index is 2.31. The maximum Gasteiger partial charge on any atom is 0.128 e. The van der Waals surface area contributed by atoms with Crippen molar-refractivity contribution in [3.8, 4) is 0 Å². The zero-order valence-electron chi connectivity index (χ0n) is 11.0. The monoisotopic (exact) mass is 296 g/mol. The van der Waals surface area contributed by atoms with Gasteiger partial charge >= 0.3 is 0 Å². The second-order valence-corrected chi connectivity index (χ2v) is 5.12. The smallest absolute Gasteiger partial charge is 0.128 e.